The van der Waals surface area contributed by atoms with E-state index in [1.165, 1.54) is 64.2 Å². The number of ether oxygens (including phenoxy) is 1. The van der Waals surface area contributed by atoms with Crippen molar-refractivity contribution in [1.82, 2.24) is 0 Å². The smallest absolute Gasteiger partial charge is 0.0613 e. The van der Waals surface area contributed by atoms with E-state index in [-0.39, 0.29) is 6.04 Å². The molecule has 2 nitrogen and oxygen atoms in total. The molecular weight excluding hydrogens is 210 g/mol. The van der Waals surface area contributed by atoms with E-state index in [2.05, 4.69) is 6.92 Å². The Hall–Kier alpha value is -0.0800. The maximum Gasteiger partial charge on any atom is 0.0613 e. The second-order valence-electron chi connectivity index (χ2n) is 5.19. The van der Waals surface area contributed by atoms with Crippen molar-refractivity contribution < 1.29 is 4.74 Å². The van der Waals surface area contributed by atoms with Gasteiger partial charge in [-0.25, -0.2) is 0 Å². The number of rotatable bonds is 13. The first-order valence-electron chi connectivity index (χ1n) is 7.55. The van der Waals surface area contributed by atoms with Crippen LogP contribution in [0.3, 0.4) is 0 Å². The number of methoxy groups -OCH3 is 1. The van der Waals surface area contributed by atoms with Gasteiger partial charge in [-0.3, -0.25) is 0 Å². The number of unbranched alkanes of at least 4 members (excludes halogenated alkanes) is 9. The topological polar surface area (TPSA) is 35.2 Å². The summed E-state index contributed by atoms with van der Waals surface area (Å²) in [5, 5.41) is 0. The SMILES string of the molecule is CCCCCCCCCCCCC(N)COC. The molecule has 2 N–H and O–H groups in total. The lowest BCUT2D eigenvalue weighted by Gasteiger charge is -2.09. The van der Waals surface area contributed by atoms with Gasteiger partial charge >= 0.3 is 0 Å². The predicted octanol–water partition coefficient (Wildman–Crippen LogP) is 4.27. The second kappa shape index (κ2) is 14.0. The molecule has 17 heavy (non-hydrogen) atoms. The molecule has 104 valence electrons. The molecule has 0 spiro atoms. The van der Waals surface area contributed by atoms with Gasteiger partial charge in [-0.2, -0.15) is 0 Å². The van der Waals surface area contributed by atoms with E-state index >= 15 is 0 Å². The predicted molar refractivity (Wildman–Crippen MR) is 76.3 cm³/mol. The van der Waals surface area contributed by atoms with Crippen LogP contribution in [0.25, 0.3) is 0 Å². The second-order valence-corrected chi connectivity index (χ2v) is 5.19. The zero-order valence-corrected chi connectivity index (χ0v) is 12.0. The molecule has 0 radical (unpaired) electrons. The lowest BCUT2D eigenvalue weighted by molar-refractivity contribution is 0.176. The molecule has 0 aromatic rings. The lowest BCUT2D eigenvalue weighted by atomic mass is 10.0. The van der Waals surface area contributed by atoms with E-state index in [9.17, 15) is 0 Å². The monoisotopic (exact) mass is 243 g/mol. The molecule has 1 unspecified atom stereocenters. The highest BCUT2D eigenvalue weighted by Crippen LogP contribution is 2.11. The highest BCUT2D eigenvalue weighted by molar-refractivity contribution is 4.59. The Labute approximate surface area is 108 Å². The van der Waals surface area contributed by atoms with Gasteiger partial charge in [0.2, 0.25) is 0 Å². The Balaban J connectivity index is 2.98. The third-order valence-corrected chi connectivity index (χ3v) is 3.31. The summed E-state index contributed by atoms with van der Waals surface area (Å²) in [6, 6.07) is 0.244. The van der Waals surface area contributed by atoms with Gasteiger partial charge in [-0.15, -0.1) is 0 Å². The molecule has 0 heterocycles. The molecule has 0 amide bonds. The minimum Gasteiger partial charge on any atom is -0.383 e. The molecule has 1 atom stereocenters. The first kappa shape index (κ1) is 16.9. The van der Waals surface area contributed by atoms with E-state index in [0.29, 0.717) is 6.61 Å². The van der Waals surface area contributed by atoms with Crippen molar-refractivity contribution in [3.8, 4) is 0 Å². The molecular formula is C15H33NO. The normalized spacial score (nSPS) is 12.9. The van der Waals surface area contributed by atoms with Crippen LogP contribution in [-0.4, -0.2) is 19.8 Å². The number of hydrogen-bond donors (Lipinski definition) is 1. The molecule has 0 aliphatic carbocycles. The van der Waals surface area contributed by atoms with Gasteiger partial charge in [0.15, 0.2) is 0 Å². The van der Waals surface area contributed by atoms with Crippen LogP contribution in [0, 0.1) is 0 Å². The van der Waals surface area contributed by atoms with Gasteiger partial charge in [-0.1, -0.05) is 71.1 Å². The van der Waals surface area contributed by atoms with Crippen molar-refractivity contribution in [3.05, 3.63) is 0 Å². The first-order chi connectivity index (χ1) is 8.31. The highest BCUT2D eigenvalue weighted by Gasteiger charge is 2.00. The lowest BCUT2D eigenvalue weighted by Crippen LogP contribution is -2.25. The first-order valence-corrected chi connectivity index (χ1v) is 7.55. The zero-order valence-electron chi connectivity index (χ0n) is 12.0. The fraction of sp³-hybridized carbons (Fsp3) is 1.00. The van der Waals surface area contributed by atoms with Crippen molar-refractivity contribution in [3.63, 3.8) is 0 Å². The van der Waals surface area contributed by atoms with Crippen LogP contribution < -0.4 is 5.73 Å². The van der Waals surface area contributed by atoms with Crippen LogP contribution in [0.5, 0.6) is 0 Å². The minimum atomic E-state index is 0.244. The maximum atomic E-state index is 5.87. The van der Waals surface area contributed by atoms with Crippen molar-refractivity contribution in [2.24, 2.45) is 5.73 Å². The van der Waals surface area contributed by atoms with Crippen LogP contribution in [0.1, 0.15) is 77.6 Å². The van der Waals surface area contributed by atoms with Crippen LogP contribution in [0.4, 0.5) is 0 Å². The molecule has 0 saturated carbocycles. The van der Waals surface area contributed by atoms with E-state index in [0.717, 1.165) is 6.42 Å². The van der Waals surface area contributed by atoms with E-state index in [1.54, 1.807) is 7.11 Å². The Morgan fingerprint density at radius 1 is 0.824 bits per heavy atom. The van der Waals surface area contributed by atoms with Gasteiger partial charge in [0.25, 0.3) is 0 Å². The minimum absolute atomic E-state index is 0.244. The van der Waals surface area contributed by atoms with Gasteiger partial charge < -0.3 is 10.5 Å². The molecule has 0 aromatic heterocycles. The molecule has 0 fully saturated rings. The van der Waals surface area contributed by atoms with E-state index in [1.807, 2.05) is 0 Å². The fourth-order valence-electron chi connectivity index (χ4n) is 2.19. The summed E-state index contributed by atoms with van der Waals surface area (Å²) in [5.74, 6) is 0. The third kappa shape index (κ3) is 13.9. The largest absolute Gasteiger partial charge is 0.383 e. The van der Waals surface area contributed by atoms with Gasteiger partial charge in [0.1, 0.15) is 0 Å². The fourth-order valence-corrected chi connectivity index (χ4v) is 2.19. The Morgan fingerprint density at radius 2 is 1.29 bits per heavy atom. The summed E-state index contributed by atoms with van der Waals surface area (Å²) in [4.78, 5) is 0. The maximum absolute atomic E-state index is 5.87. The summed E-state index contributed by atoms with van der Waals surface area (Å²) in [7, 11) is 1.72. The Morgan fingerprint density at radius 3 is 1.76 bits per heavy atom. The molecule has 0 aliphatic heterocycles. The van der Waals surface area contributed by atoms with E-state index in [4.69, 9.17) is 10.5 Å². The summed E-state index contributed by atoms with van der Waals surface area (Å²) < 4.78 is 5.02. The molecule has 0 rings (SSSR count). The van der Waals surface area contributed by atoms with Crippen molar-refractivity contribution in [2.45, 2.75) is 83.6 Å². The van der Waals surface area contributed by atoms with Crippen LogP contribution >= 0.6 is 0 Å². The summed E-state index contributed by atoms with van der Waals surface area (Å²) in [5.41, 5.74) is 5.87. The Bertz CT molecular complexity index is 139. The zero-order chi connectivity index (χ0) is 12.8. The average Bonchev–Trinajstić information content (AvgIpc) is 2.32. The number of nitrogens with two attached hydrogens (primary N) is 1. The van der Waals surface area contributed by atoms with Crippen molar-refractivity contribution in [1.29, 1.82) is 0 Å². The number of hydrogen-bond acceptors (Lipinski definition) is 2. The molecule has 2 heteroatoms. The summed E-state index contributed by atoms with van der Waals surface area (Å²) in [6.07, 6.45) is 15.0. The van der Waals surface area contributed by atoms with Crippen LogP contribution in [0.15, 0.2) is 0 Å². The quantitative estimate of drug-likeness (QED) is 0.490. The van der Waals surface area contributed by atoms with Gasteiger partial charge in [-0.05, 0) is 6.42 Å². The summed E-state index contributed by atoms with van der Waals surface area (Å²) in [6.45, 7) is 2.98. The summed E-state index contributed by atoms with van der Waals surface area (Å²) >= 11 is 0. The average molecular weight is 243 g/mol. The van der Waals surface area contributed by atoms with E-state index < -0.39 is 0 Å². The standard InChI is InChI=1S/C15H33NO/c1-3-4-5-6-7-8-9-10-11-12-13-15(16)14-17-2/h15H,3-14,16H2,1-2H3. The van der Waals surface area contributed by atoms with Crippen LogP contribution in [-0.2, 0) is 4.74 Å². The highest BCUT2D eigenvalue weighted by atomic mass is 16.5. The van der Waals surface area contributed by atoms with Gasteiger partial charge in [0, 0.05) is 13.2 Å². The molecule has 0 bridgehead atoms. The van der Waals surface area contributed by atoms with Crippen LogP contribution in [0.2, 0.25) is 0 Å². The Kier molecular flexibility index (Phi) is 13.9. The molecule has 0 aliphatic rings. The van der Waals surface area contributed by atoms with Gasteiger partial charge in [0.05, 0.1) is 6.61 Å². The van der Waals surface area contributed by atoms with Crippen molar-refractivity contribution >= 4 is 0 Å². The molecule has 0 aromatic carbocycles. The van der Waals surface area contributed by atoms with Crippen molar-refractivity contribution in [2.75, 3.05) is 13.7 Å². The molecule has 0 saturated heterocycles. The third-order valence-electron chi connectivity index (χ3n) is 3.31.